The topological polar surface area (TPSA) is 164 Å². The first-order valence-electron chi connectivity index (χ1n) is 13.2. The quantitative estimate of drug-likeness (QED) is 0.296. The number of hydrogen-bond acceptors (Lipinski definition) is 12. The Morgan fingerprint density at radius 2 is 1.90 bits per heavy atom. The molecule has 0 radical (unpaired) electrons. The van der Waals surface area contributed by atoms with Gasteiger partial charge in [0.15, 0.2) is 11.6 Å². The Kier molecular flexibility index (Phi) is 7.10. The van der Waals surface area contributed by atoms with Gasteiger partial charge in [-0.15, -0.1) is 0 Å². The zero-order valence-corrected chi connectivity index (χ0v) is 21.7. The Morgan fingerprint density at radius 1 is 1.10 bits per heavy atom. The van der Waals surface area contributed by atoms with Crippen molar-refractivity contribution in [2.75, 3.05) is 66.3 Å². The summed E-state index contributed by atoms with van der Waals surface area (Å²) in [6.45, 7) is 2.41. The Balaban J connectivity index is 1.29. The van der Waals surface area contributed by atoms with Gasteiger partial charge in [0.1, 0.15) is 6.04 Å². The highest BCUT2D eigenvalue weighted by Crippen LogP contribution is 2.40. The van der Waals surface area contributed by atoms with Gasteiger partial charge in [-0.2, -0.15) is 20.1 Å². The van der Waals surface area contributed by atoms with E-state index in [0.717, 1.165) is 18.5 Å². The van der Waals surface area contributed by atoms with E-state index in [1.54, 1.807) is 0 Å². The highest BCUT2D eigenvalue weighted by molar-refractivity contribution is 5.96. The summed E-state index contributed by atoms with van der Waals surface area (Å²) >= 11 is 0. The number of nitrogens with zero attached hydrogens (tertiary/aromatic N) is 9. The average Bonchev–Trinajstić information content (AvgIpc) is 3.60. The minimum atomic E-state index is -3.14. The van der Waals surface area contributed by atoms with Crippen LogP contribution in [0.4, 0.5) is 38.3 Å². The largest absolute Gasteiger partial charge is 0.395 e. The fourth-order valence-electron chi connectivity index (χ4n) is 4.95. The number of carbonyl (C=O) groups is 1. The van der Waals surface area contributed by atoms with Gasteiger partial charge in [0, 0.05) is 69.2 Å². The molecule has 212 valence electrons. The first-order chi connectivity index (χ1) is 19.4. The Morgan fingerprint density at radius 3 is 2.62 bits per heavy atom. The SMILES string of the molecule is O=C(Nc1cnccn1)[C@@H]1CC(F)(F)CN1c1nc(Nc2cc(C3CC3)[nH]n2)nc(N2CCN(CCO)CC2)n1. The van der Waals surface area contributed by atoms with Crippen LogP contribution in [0.5, 0.6) is 0 Å². The van der Waals surface area contributed by atoms with Crippen molar-refractivity contribution in [1.82, 2.24) is 40.0 Å². The highest BCUT2D eigenvalue weighted by atomic mass is 19.3. The van der Waals surface area contributed by atoms with Crippen LogP contribution < -0.4 is 20.4 Å². The fraction of sp³-hybridized carbons (Fsp3) is 0.542. The number of H-pyrrole nitrogens is 1. The highest BCUT2D eigenvalue weighted by Gasteiger charge is 2.49. The molecule has 40 heavy (non-hydrogen) atoms. The van der Waals surface area contributed by atoms with Crippen molar-refractivity contribution in [1.29, 1.82) is 0 Å². The molecule has 1 amide bonds. The number of alkyl halides is 2. The number of aromatic nitrogens is 7. The molecule has 1 saturated carbocycles. The summed E-state index contributed by atoms with van der Waals surface area (Å²) in [6.07, 6.45) is 5.69. The van der Waals surface area contributed by atoms with Gasteiger partial charge in [0.2, 0.25) is 23.8 Å². The van der Waals surface area contributed by atoms with Crippen molar-refractivity contribution in [3.63, 3.8) is 0 Å². The summed E-state index contributed by atoms with van der Waals surface area (Å²) < 4.78 is 29.5. The van der Waals surface area contributed by atoms with Gasteiger partial charge < -0.3 is 25.5 Å². The minimum absolute atomic E-state index is 0.0419. The molecular formula is C24H30F2N12O2. The Bertz CT molecular complexity index is 1330. The second kappa shape index (κ2) is 10.8. The van der Waals surface area contributed by atoms with Crippen LogP contribution in [0.25, 0.3) is 0 Å². The predicted molar refractivity (Wildman–Crippen MR) is 141 cm³/mol. The van der Waals surface area contributed by atoms with Crippen molar-refractivity contribution in [3.8, 4) is 0 Å². The summed E-state index contributed by atoms with van der Waals surface area (Å²) in [5.41, 5.74) is 1.01. The van der Waals surface area contributed by atoms with Crippen LogP contribution in [0.3, 0.4) is 0 Å². The van der Waals surface area contributed by atoms with Gasteiger partial charge in [0.25, 0.3) is 5.92 Å². The lowest BCUT2D eigenvalue weighted by atomic mass is 10.2. The van der Waals surface area contributed by atoms with Gasteiger partial charge in [-0.25, -0.2) is 13.8 Å². The molecule has 14 nitrogen and oxygen atoms in total. The average molecular weight is 557 g/mol. The van der Waals surface area contributed by atoms with Crippen LogP contribution >= 0.6 is 0 Å². The number of aliphatic hydroxyl groups excluding tert-OH is 1. The molecular weight excluding hydrogens is 526 g/mol. The van der Waals surface area contributed by atoms with Crippen LogP contribution in [-0.4, -0.2) is 109 Å². The molecule has 6 rings (SSSR count). The molecule has 3 aromatic rings. The smallest absolute Gasteiger partial charge is 0.267 e. The van der Waals surface area contributed by atoms with Crippen LogP contribution in [0.2, 0.25) is 0 Å². The second-order valence-corrected chi connectivity index (χ2v) is 10.2. The number of hydrogen-bond donors (Lipinski definition) is 4. The molecule has 0 aromatic carbocycles. The van der Waals surface area contributed by atoms with E-state index in [4.69, 9.17) is 0 Å². The molecule has 4 N–H and O–H groups in total. The maximum absolute atomic E-state index is 14.7. The van der Waals surface area contributed by atoms with E-state index in [9.17, 15) is 18.7 Å². The summed E-state index contributed by atoms with van der Waals surface area (Å²) in [6, 6.07) is 0.642. The second-order valence-electron chi connectivity index (χ2n) is 10.2. The molecule has 1 atom stereocenters. The van der Waals surface area contributed by atoms with Gasteiger partial charge in [-0.05, 0) is 12.8 Å². The third-order valence-corrected chi connectivity index (χ3v) is 7.18. The number of β-amino-alcohol motifs (C(OH)–C–C–N with tert-alkyl or cyclic N) is 1. The zero-order valence-electron chi connectivity index (χ0n) is 21.7. The van der Waals surface area contributed by atoms with E-state index in [2.05, 4.69) is 50.7 Å². The van der Waals surface area contributed by atoms with Crippen LogP contribution in [-0.2, 0) is 4.79 Å². The van der Waals surface area contributed by atoms with E-state index in [1.165, 1.54) is 23.5 Å². The molecule has 0 spiro atoms. The van der Waals surface area contributed by atoms with Crippen molar-refractivity contribution in [3.05, 3.63) is 30.4 Å². The summed E-state index contributed by atoms with van der Waals surface area (Å²) in [5, 5.41) is 22.2. The molecule has 3 fully saturated rings. The number of anilines is 5. The molecule has 16 heteroatoms. The lowest BCUT2D eigenvalue weighted by molar-refractivity contribution is -0.118. The number of aromatic amines is 1. The van der Waals surface area contributed by atoms with Crippen molar-refractivity contribution >= 4 is 35.4 Å². The lowest BCUT2D eigenvalue weighted by Gasteiger charge is -2.34. The summed E-state index contributed by atoms with van der Waals surface area (Å²) in [4.78, 5) is 39.9. The molecule has 3 aliphatic rings. The third-order valence-electron chi connectivity index (χ3n) is 7.18. The monoisotopic (exact) mass is 556 g/mol. The van der Waals surface area contributed by atoms with Gasteiger partial charge in [0.05, 0.1) is 19.3 Å². The Labute approximate surface area is 228 Å². The zero-order chi connectivity index (χ0) is 27.7. The lowest BCUT2D eigenvalue weighted by Crippen LogP contribution is -2.48. The maximum Gasteiger partial charge on any atom is 0.267 e. The summed E-state index contributed by atoms with van der Waals surface area (Å²) in [5.74, 6) is -2.28. The van der Waals surface area contributed by atoms with Crippen molar-refractivity contribution in [2.45, 2.75) is 37.1 Å². The molecule has 5 heterocycles. The number of rotatable bonds is 9. The van der Waals surface area contributed by atoms with Gasteiger partial charge in [-0.1, -0.05) is 0 Å². The molecule has 2 aliphatic heterocycles. The van der Waals surface area contributed by atoms with Crippen LogP contribution in [0.15, 0.2) is 24.7 Å². The van der Waals surface area contributed by atoms with Gasteiger partial charge in [-0.3, -0.25) is 19.8 Å². The number of halogens is 2. The number of piperazine rings is 1. The first kappa shape index (κ1) is 26.2. The van der Waals surface area contributed by atoms with E-state index < -0.39 is 30.8 Å². The van der Waals surface area contributed by atoms with E-state index in [1.807, 2.05) is 11.0 Å². The minimum Gasteiger partial charge on any atom is -0.395 e. The van der Waals surface area contributed by atoms with E-state index in [0.29, 0.717) is 50.4 Å². The molecule has 1 aliphatic carbocycles. The Hall–Kier alpha value is -4.05. The molecule has 0 bridgehead atoms. The molecule has 0 unspecified atom stereocenters. The number of nitrogens with one attached hydrogen (secondary N) is 3. The van der Waals surface area contributed by atoms with Crippen LogP contribution in [0, 0.1) is 0 Å². The predicted octanol–water partition coefficient (Wildman–Crippen LogP) is 0.973. The molecule has 2 saturated heterocycles. The standard InChI is InChI=1S/C24H30F2N12O2/c25-24(26)12-17(20(40)29-19-13-27-3-4-28-19)38(14-24)23-32-21(30-18-11-16(34-35-18)15-1-2-15)31-22(33-23)37-7-5-36(6-8-37)9-10-39/h3-4,11,13,15,17,39H,1-2,5-10,12,14H2,(H,28,29,40)(H2,30,31,32,33,34,35)/t17-/m0/s1. The number of aliphatic hydroxyl groups is 1. The normalized spacial score (nSPS) is 21.0. The van der Waals surface area contributed by atoms with E-state index in [-0.39, 0.29) is 24.3 Å². The maximum atomic E-state index is 14.7. The van der Waals surface area contributed by atoms with Gasteiger partial charge >= 0.3 is 0 Å². The van der Waals surface area contributed by atoms with E-state index >= 15 is 0 Å². The fourth-order valence-corrected chi connectivity index (χ4v) is 4.95. The third kappa shape index (κ3) is 5.91. The van der Waals surface area contributed by atoms with Crippen molar-refractivity contribution < 1.29 is 18.7 Å². The molecule has 3 aromatic heterocycles. The summed E-state index contributed by atoms with van der Waals surface area (Å²) in [7, 11) is 0. The number of amides is 1. The first-order valence-corrected chi connectivity index (χ1v) is 13.2. The number of carbonyl (C=O) groups excluding carboxylic acids is 1. The van der Waals surface area contributed by atoms with Crippen LogP contribution in [0.1, 0.15) is 30.9 Å². The van der Waals surface area contributed by atoms with Crippen molar-refractivity contribution in [2.24, 2.45) is 0 Å².